The van der Waals surface area contributed by atoms with Gasteiger partial charge in [-0.2, -0.15) is 0 Å². The van der Waals surface area contributed by atoms with Gasteiger partial charge in [-0.15, -0.1) is 0 Å². The lowest BCUT2D eigenvalue weighted by Crippen LogP contribution is -2.29. The Kier molecular flexibility index (Phi) is 7.94. The first-order valence-corrected chi connectivity index (χ1v) is 15.8. The van der Waals surface area contributed by atoms with Crippen LogP contribution in [-0.2, 0) is 31.3 Å². The first-order valence-electron chi connectivity index (χ1n) is 12.5. The number of rotatable bonds is 9. The van der Waals surface area contributed by atoms with Gasteiger partial charge in [0.15, 0.2) is 6.61 Å². The fraction of sp³-hybridized carbons (Fsp3) is 0.138. The van der Waals surface area contributed by atoms with Crippen molar-refractivity contribution in [1.82, 2.24) is 0 Å². The van der Waals surface area contributed by atoms with E-state index < -0.39 is 26.0 Å². The number of anilines is 3. The van der Waals surface area contributed by atoms with Gasteiger partial charge in [0, 0.05) is 22.9 Å². The number of carbonyl (C=O) groups excluding carboxylic acids is 1. The van der Waals surface area contributed by atoms with Crippen molar-refractivity contribution in [1.29, 1.82) is 0 Å². The number of nitrogens with zero attached hydrogens (tertiary/aromatic N) is 1. The van der Waals surface area contributed by atoms with Gasteiger partial charge in [-0.05, 0) is 97.3 Å². The minimum atomic E-state index is -3.80. The Labute approximate surface area is 243 Å². The molecule has 0 aliphatic carbocycles. The van der Waals surface area contributed by atoms with Gasteiger partial charge in [-0.1, -0.05) is 29.8 Å². The van der Waals surface area contributed by atoms with Gasteiger partial charge < -0.3 is 10.1 Å². The number of sulfonamides is 2. The van der Waals surface area contributed by atoms with Crippen molar-refractivity contribution in [2.24, 2.45) is 0 Å². The van der Waals surface area contributed by atoms with E-state index in [1.54, 1.807) is 36.4 Å². The quantitative estimate of drug-likeness (QED) is 0.268. The molecule has 0 aromatic heterocycles. The molecule has 9 nitrogen and oxygen atoms in total. The van der Waals surface area contributed by atoms with Gasteiger partial charge in [0.2, 0.25) is 0 Å². The molecule has 0 fully saturated rings. The highest BCUT2D eigenvalue weighted by Gasteiger charge is 2.31. The molecule has 0 bridgehead atoms. The number of amides is 1. The molecule has 1 heterocycles. The highest BCUT2D eigenvalue weighted by Crippen LogP contribution is 2.35. The number of benzene rings is 4. The van der Waals surface area contributed by atoms with Crippen LogP contribution in [0.4, 0.5) is 17.1 Å². The van der Waals surface area contributed by atoms with Gasteiger partial charge in [-0.25, -0.2) is 16.8 Å². The second-order valence-corrected chi connectivity index (χ2v) is 13.4. The molecular weight excluding hydrogens is 586 g/mol. The van der Waals surface area contributed by atoms with Crippen LogP contribution in [0.3, 0.4) is 0 Å². The maximum absolute atomic E-state index is 13.2. The summed E-state index contributed by atoms with van der Waals surface area (Å²) in [6.07, 6.45) is 0.547. The first-order chi connectivity index (χ1) is 19.5. The molecule has 41 heavy (non-hydrogen) atoms. The molecule has 2 N–H and O–H groups in total. The predicted octanol–water partition coefficient (Wildman–Crippen LogP) is 5.22. The van der Waals surface area contributed by atoms with Crippen LogP contribution in [0, 0.1) is 6.92 Å². The lowest BCUT2D eigenvalue weighted by Gasteiger charge is -2.20. The Morgan fingerprint density at radius 2 is 1.59 bits per heavy atom. The molecule has 0 saturated heterocycles. The van der Waals surface area contributed by atoms with Gasteiger partial charge in [0.1, 0.15) is 5.75 Å². The van der Waals surface area contributed by atoms with Crippen molar-refractivity contribution in [3.63, 3.8) is 0 Å². The molecule has 0 radical (unpaired) electrons. The summed E-state index contributed by atoms with van der Waals surface area (Å²) in [5, 5.41) is 3.16. The van der Waals surface area contributed by atoms with Crippen molar-refractivity contribution in [3.8, 4) is 5.75 Å². The molecule has 0 atom stereocenters. The largest absolute Gasteiger partial charge is 0.484 e. The van der Waals surface area contributed by atoms with Crippen LogP contribution in [0.2, 0.25) is 5.02 Å². The van der Waals surface area contributed by atoms with E-state index in [0.29, 0.717) is 34.3 Å². The fourth-order valence-corrected chi connectivity index (χ4v) is 7.07. The number of aryl methyl sites for hydroxylation is 1. The van der Waals surface area contributed by atoms with E-state index in [0.717, 1.165) is 11.1 Å². The lowest BCUT2D eigenvalue weighted by atomic mass is 10.1. The second kappa shape index (κ2) is 11.4. The summed E-state index contributed by atoms with van der Waals surface area (Å²) in [7, 11) is -7.60. The van der Waals surface area contributed by atoms with Gasteiger partial charge in [0.25, 0.3) is 26.0 Å². The van der Waals surface area contributed by atoms with Gasteiger partial charge in [0.05, 0.1) is 15.5 Å². The molecule has 12 heteroatoms. The topological polar surface area (TPSA) is 122 Å². The molecule has 212 valence electrons. The maximum atomic E-state index is 13.2. The third-order valence-electron chi connectivity index (χ3n) is 6.40. The third-order valence-corrected chi connectivity index (χ3v) is 9.87. The summed E-state index contributed by atoms with van der Waals surface area (Å²) in [6, 6.07) is 23.8. The minimum absolute atomic E-state index is 0.0482. The average Bonchev–Trinajstić information content (AvgIpc) is 3.36. The normalized spacial score (nSPS) is 13.0. The standard InChI is InChI=1S/C29H26ClN3O6S2/c1-20-3-2-4-24(17-20)32-40(35,36)26-13-9-25(10-14-26)39-19-29(34)31-23-8-5-21-15-16-33(28(21)18-23)41(37,38)27-11-6-22(30)7-12-27/h2-14,17-18,32H,15-16,19H2,1H3,(H,31,34). The van der Waals surface area contributed by atoms with Crippen LogP contribution in [0.1, 0.15) is 11.1 Å². The van der Waals surface area contributed by atoms with E-state index in [-0.39, 0.29) is 22.9 Å². The summed E-state index contributed by atoms with van der Waals surface area (Å²) in [4.78, 5) is 12.8. The molecule has 1 aliphatic heterocycles. The van der Waals surface area contributed by atoms with Crippen molar-refractivity contribution in [2.75, 3.05) is 27.5 Å². The Morgan fingerprint density at radius 3 is 2.29 bits per heavy atom. The molecular formula is C29H26ClN3O6S2. The van der Waals surface area contributed by atoms with Crippen molar-refractivity contribution in [3.05, 3.63) is 107 Å². The van der Waals surface area contributed by atoms with Crippen LogP contribution in [0.5, 0.6) is 5.75 Å². The van der Waals surface area contributed by atoms with E-state index in [2.05, 4.69) is 10.0 Å². The Balaban J connectivity index is 1.21. The van der Waals surface area contributed by atoms with Crippen LogP contribution in [-0.4, -0.2) is 35.9 Å². The zero-order chi connectivity index (χ0) is 29.2. The van der Waals surface area contributed by atoms with Crippen molar-refractivity contribution >= 4 is 54.6 Å². The zero-order valence-corrected chi connectivity index (χ0v) is 24.3. The number of ether oxygens (including phenoxy) is 1. The third kappa shape index (κ3) is 6.48. The van der Waals surface area contributed by atoms with Crippen LogP contribution >= 0.6 is 11.6 Å². The van der Waals surface area contributed by atoms with Crippen LogP contribution in [0.15, 0.2) is 101 Å². The smallest absolute Gasteiger partial charge is 0.264 e. The molecule has 1 amide bonds. The van der Waals surface area contributed by atoms with Gasteiger partial charge >= 0.3 is 0 Å². The lowest BCUT2D eigenvalue weighted by molar-refractivity contribution is -0.118. The maximum Gasteiger partial charge on any atom is 0.264 e. The number of hydrogen-bond acceptors (Lipinski definition) is 6. The molecule has 1 aliphatic rings. The molecule has 0 unspecified atom stereocenters. The molecule has 0 saturated carbocycles. The number of carbonyl (C=O) groups is 1. The zero-order valence-electron chi connectivity index (χ0n) is 21.9. The Hall–Kier alpha value is -4.06. The van der Waals surface area contributed by atoms with Crippen LogP contribution in [0.25, 0.3) is 0 Å². The summed E-state index contributed by atoms with van der Waals surface area (Å²) in [5.41, 5.74) is 3.14. The monoisotopic (exact) mass is 611 g/mol. The second-order valence-electron chi connectivity index (χ2n) is 9.41. The van der Waals surface area contributed by atoms with E-state index in [4.69, 9.17) is 16.3 Å². The number of hydrogen-bond donors (Lipinski definition) is 2. The van der Waals surface area contributed by atoms with Crippen molar-refractivity contribution in [2.45, 2.75) is 23.1 Å². The predicted molar refractivity (Wildman–Crippen MR) is 159 cm³/mol. The Morgan fingerprint density at radius 1 is 0.878 bits per heavy atom. The number of halogens is 1. The highest BCUT2D eigenvalue weighted by atomic mass is 35.5. The molecule has 5 rings (SSSR count). The van der Waals surface area contributed by atoms with Crippen LogP contribution < -0.4 is 19.1 Å². The van der Waals surface area contributed by atoms with E-state index >= 15 is 0 Å². The fourth-order valence-electron chi connectivity index (χ4n) is 4.39. The molecule has 4 aromatic carbocycles. The number of nitrogens with one attached hydrogen (secondary N) is 2. The Bertz CT molecular complexity index is 1810. The number of fused-ring (bicyclic) bond motifs is 1. The highest BCUT2D eigenvalue weighted by molar-refractivity contribution is 7.93. The molecule has 4 aromatic rings. The summed E-state index contributed by atoms with van der Waals surface area (Å²) >= 11 is 5.91. The van der Waals surface area contributed by atoms with E-state index in [1.165, 1.54) is 52.8 Å². The first kappa shape index (κ1) is 28.5. The summed E-state index contributed by atoms with van der Waals surface area (Å²) in [6.45, 7) is 1.82. The SMILES string of the molecule is Cc1cccc(NS(=O)(=O)c2ccc(OCC(=O)Nc3ccc4c(c3)N(S(=O)(=O)c3ccc(Cl)cc3)CC4)cc2)c1. The van der Waals surface area contributed by atoms with Crippen molar-refractivity contribution < 1.29 is 26.4 Å². The van der Waals surface area contributed by atoms with Gasteiger partial charge in [-0.3, -0.25) is 13.8 Å². The van der Waals surface area contributed by atoms with E-state index in [1.807, 2.05) is 13.0 Å². The minimum Gasteiger partial charge on any atom is -0.484 e. The summed E-state index contributed by atoms with van der Waals surface area (Å²) < 4.78 is 61.2. The summed E-state index contributed by atoms with van der Waals surface area (Å²) in [5.74, 6) is -0.156. The average molecular weight is 612 g/mol. The van der Waals surface area contributed by atoms with E-state index in [9.17, 15) is 21.6 Å². The molecule has 0 spiro atoms.